The predicted molar refractivity (Wildman–Crippen MR) is 117 cm³/mol. The molecule has 0 aliphatic rings. The van der Waals surface area contributed by atoms with Crippen LogP contribution in [0.2, 0.25) is 0 Å². The van der Waals surface area contributed by atoms with Crippen LogP contribution < -0.4 is 20.3 Å². The molecule has 0 fully saturated rings. The van der Waals surface area contributed by atoms with Crippen molar-refractivity contribution in [2.75, 3.05) is 37.1 Å². The Hall–Kier alpha value is -2.62. The van der Waals surface area contributed by atoms with Gasteiger partial charge in [0.05, 0.1) is 11.7 Å². The lowest BCUT2D eigenvalue weighted by Gasteiger charge is -2.23. The quantitative estimate of drug-likeness (QED) is 0.534. The highest BCUT2D eigenvalue weighted by Gasteiger charge is 2.19. The third-order valence-electron chi connectivity index (χ3n) is 3.69. The van der Waals surface area contributed by atoms with Crippen LogP contribution in [0.25, 0.3) is 0 Å². The zero-order valence-electron chi connectivity index (χ0n) is 18.3. The summed E-state index contributed by atoms with van der Waals surface area (Å²) in [5.74, 6) is 0.400. The SMILES string of the molecule is C[C@H](COc1ccc(C(=O)NCCS(C)=O)cc1N(C)C=O)NC(=O)OC(C)(C)C. The fourth-order valence-corrected chi connectivity index (χ4v) is 2.68. The van der Waals surface area contributed by atoms with E-state index in [2.05, 4.69) is 10.6 Å². The van der Waals surface area contributed by atoms with Crippen LogP contribution in [-0.2, 0) is 20.3 Å². The highest BCUT2D eigenvalue weighted by molar-refractivity contribution is 7.84. The first-order valence-corrected chi connectivity index (χ1v) is 11.2. The van der Waals surface area contributed by atoms with Gasteiger partial charge in [-0.1, -0.05) is 0 Å². The van der Waals surface area contributed by atoms with Crippen molar-refractivity contribution in [1.82, 2.24) is 10.6 Å². The van der Waals surface area contributed by atoms with Crippen LogP contribution in [0.5, 0.6) is 5.75 Å². The molecule has 30 heavy (non-hydrogen) atoms. The molecule has 9 nitrogen and oxygen atoms in total. The molecule has 0 saturated heterocycles. The molecular formula is C20H31N3O6S. The zero-order chi connectivity index (χ0) is 22.9. The van der Waals surface area contributed by atoms with Crippen molar-refractivity contribution >= 4 is 34.9 Å². The van der Waals surface area contributed by atoms with Gasteiger partial charge in [-0.05, 0) is 45.9 Å². The van der Waals surface area contributed by atoms with E-state index >= 15 is 0 Å². The minimum Gasteiger partial charge on any atom is -0.489 e. The summed E-state index contributed by atoms with van der Waals surface area (Å²) in [6.45, 7) is 7.49. The van der Waals surface area contributed by atoms with Crippen LogP contribution in [0.1, 0.15) is 38.1 Å². The zero-order valence-corrected chi connectivity index (χ0v) is 19.1. The Kier molecular flexibility index (Phi) is 9.77. The molecule has 10 heteroatoms. The highest BCUT2D eigenvalue weighted by Crippen LogP contribution is 2.28. The summed E-state index contributed by atoms with van der Waals surface area (Å²) < 4.78 is 22.1. The average molecular weight is 442 g/mol. The Labute approximate surface area is 179 Å². The molecule has 1 rings (SSSR count). The normalized spacial score (nSPS) is 13.0. The second-order valence-electron chi connectivity index (χ2n) is 7.79. The van der Waals surface area contributed by atoms with Gasteiger partial charge in [0.2, 0.25) is 6.41 Å². The van der Waals surface area contributed by atoms with Gasteiger partial charge in [0.25, 0.3) is 5.91 Å². The number of carbonyl (C=O) groups is 3. The number of hydrogen-bond acceptors (Lipinski definition) is 6. The van der Waals surface area contributed by atoms with Gasteiger partial charge in [0.15, 0.2) is 0 Å². The van der Waals surface area contributed by atoms with Crippen molar-refractivity contribution in [3.8, 4) is 5.75 Å². The van der Waals surface area contributed by atoms with Gasteiger partial charge < -0.3 is 25.0 Å². The Balaban J connectivity index is 2.81. The van der Waals surface area contributed by atoms with E-state index < -0.39 is 22.5 Å². The number of anilines is 1. The van der Waals surface area contributed by atoms with E-state index in [4.69, 9.17) is 9.47 Å². The molecule has 1 aromatic rings. The molecule has 1 unspecified atom stereocenters. The molecule has 0 saturated carbocycles. The molecule has 0 bridgehead atoms. The van der Waals surface area contributed by atoms with E-state index in [0.29, 0.717) is 29.2 Å². The maximum absolute atomic E-state index is 12.3. The van der Waals surface area contributed by atoms with Crippen molar-refractivity contribution in [3.63, 3.8) is 0 Å². The molecule has 2 N–H and O–H groups in total. The Morgan fingerprint density at radius 2 is 1.97 bits per heavy atom. The number of amides is 3. The van der Waals surface area contributed by atoms with Gasteiger partial charge in [-0.15, -0.1) is 0 Å². The first-order valence-electron chi connectivity index (χ1n) is 9.45. The summed E-state index contributed by atoms with van der Waals surface area (Å²) in [5, 5.41) is 5.36. The summed E-state index contributed by atoms with van der Waals surface area (Å²) in [4.78, 5) is 36.7. The maximum atomic E-state index is 12.3. The van der Waals surface area contributed by atoms with Crippen molar-refractivity contribution in [2.45, 2.75) is 39.3 Å². The molecule has 0 heterocycles. The van der Waals surface area contributed by atoms with E-state index in [1.54, 1.807) is 53.1 Å². The molecule has 0 aliphatic carbocycles. The van der Waals surface area contributed by atoms with Crippen molar-refractivity contribution in [1.29, 1.82) is 0 Å². The molecular weight excluding hydrogens is 410 g/mol. The first kappa shape index (κ1) is 25.4. The average Bonchev–Trinajstić information content (AvgIpc) is 2.63. The highest BCUT2D eigenvalue weighted by atomic mass is 32.2. The van der Waals surface area contributed by atoms with Crippen LogP contribution in [0, 0.1) is 0 Å². The Morgan fingerprint density at radius 3 is 2.53 bits per heavy atom. The number of ether oxygens (including phenoxy) is 2. The van der Waals surface area contributed by atoms with Crippen molar-refractivity contribution in [2.24, 2.45) is 0 Å². The fraction of sp³-hybridized carbons (Fsp3) is 0.550. The minimum absolute atomic E-state index is 0.132. The smallest absolute Gasteiger partial charge is 0.407 e. The summed E-state index contributed by atoms with van der Waals surface area (Å²) >= 11 is 0. The lowest BCUT2D eigenvalue weighted by atomic mass is 10.1. The molecule has 0 radical (unpaired) electrons. The Morgan fingerprint density at radius 1 is 1.30 bits per heavy atom. The van der Waals surface area contributed by atoms with Crippen LogP contribution >= 0.6 is 0 Å². The molecule has 1 aromatic carbocycles. The third kappa shape index (κ3) is 9.25. The summed E-state index contributed by atoms with van der Waals surface area (Å²) in [6, 6.07) is 4.34. The minimum atomic E-state index is -1.00. The Bertz CT molecular complexity index is 778. The van der Waals surface area contributed by atoms with E-state index in [-0.39, 0.29) is 25.1 Å². The van der Waals surface area contributed by atoms with Gasteiger partial charge in [0, 0.05) is 42.0 Å². The number of nitrogens with one attached hydrogen (secondary N) is 2. The number of hydrogen-bond donors (Lipinski definition) is 2. The standard InChI is InChI=1S/C20H31N3O6S/c1-14(22-19(26)29-20(2,3)4)12-28-17-8-7-15(11-16(17)23(5)13-24)18(25)21-9-10-30(6)27/h7-8,11,13-14H,9-10,12H2,1-6H3,(H,21,25)(H,22,26)/t14-,30?/m1/s1. The van der Waals surface area contributed by atoms with E-state index in [1.165, 1.54) is 11.0 Å². The fourth-order valence-electron chi connectivity index (χ4n) is 2.29. The van der Waals surface area contributed by atoms with Crippen molar-refractivity contribution in [3.05, 3.63) is 23.8 Å². The predicted octanol–water partition coefficient (Wildman–Crippen LogP) is 1.68. The summed E-state index contributed by atoms with van der Waals surface area (Å²) in [5.41, 5.74) is 0.140. The number of carbonyl (C=O) groups excluding carboxylic acids is 3. The van der Waals surface area contributed by atoms with Crippen LogP contribution in [0.4, 0.5) is 10.5 Å². The number of rotatable bonds is 10. The van der Waals surface area contributed by atoms with Gasteiger partial charge in [-0.2, -0.15) is 0 Å². The van der Waals surface area contributed by atoms with Gasteiger partial charge >= 0.3 is 6.09 Å². The van der Waals surface area contributed by atoms with Crippen LogP contribution in [-0.4, -0.2) is 66.5 Å². The second-order valence-corrected chi connectivity index (χ2v) is 9.34. The van der Waals surface area contributed by atoms with E-state index in [9.17, 15) is 18.6 Å². The van der Waals surface area contributed by atoms with Gasteiger partial charge in [-0.3, -0.25) is 13.8 Å². The summed E-state index contributed by atoms with van der Waals surface area (Å²) in [7, 11) is 0.540. The summed E-state index contributed by atoms with van der Waals surface area (Å²) in [6.07, 6.45) is 1.62. The lowest BCUT2D eigenvalue weighted by molar-refractivity contribution is -0.107. The molecule has 3 amide bonds. The van der Waals surface area contributed by atoms with E-state index in [1.807, 2.05) is 0 Å². The molecule has 0 aliphatic heterocycles. The van der Waals surface area contributed by atoms with Crippen molar-refractivity contribution < 1.29 is 28.1 Å². The van der Waals surface area contributed by atoms with Gasteiger partial charge in [0.1, 0.15) is 18.0 Å². The lowest BCUT2D eigenvalue weighted by Crippen LogP contribution is -2.40. The third-order valence-corrected chi connectivity index (χ3v) is 4.47. The largest absolute Gasteiger partial charge is 0.489 e. The van der Waals surface area contributed by atoms with Gasteiger partial charge in [-0.25, -0.2) is 4.79 Å². The maximum Gasteiger partial charge on any atom is 0.407 e. The molecule has 0 spiro atoms. The number of benzene rings is 1. The molecule has 168 valence electrons. The van der Waals surface area contributed by atoms with Crippen LogP contribution in [0.15, 0.2) is 18.2 Å². The second kappa shape index (κ2) is 11.5. The number of alkyl carbamates (subject to hydrolysis) is 1. The van der Waals surface area contributed by atoms with Crippen LogP contribution in [0.3, 0.4) is 0 Å². The topological polar surface area (TPSA) is 114 Å². The number of nitrogens with zero attached hydrogens (tertiary/aromatic N) is 1. The van der Waals surface area contributed by atoms with E-state index in [0.717, 1.165) is 0 Å². The molecule has 2 atom stereocenters. The monoisotopic (exact) mass is 441 g/mol. The first-order chi connectivity index (χ1) is 13.9. The molecule has 0 aromatic heterocycles.